The second-order valence-electron chi connectivity index (χ2n) is 6.31. The van der Waals surface area contributed by atoms with Gasteiger partial charge in [0.05, 0.1) is 18.7 Å². The summed E-state index contributed by atoms with van der Waals surface area (Å²) in [6.07, 6.45) is -3.98. The van der Waals surface area contributed by atoms with Crippen molar-refractivity contribution < 1.29 is 22.3 Å². The average Bonchev–Trinajstić information content (AvgIpc) is 2.98. The van der Waals surface area contributed by atoms with Crippen molar-refractivity contribution in [3.05, 3.63) is 46.8 Å². The lowest BCUT2D eigenvalue weighted by atomic mass is 10.1. The first-order valence-corrected chi connectivity index (χ1v) is 8.94. The van der Waals surface area contributed by atoms with Crippen LogP contribution in [0.1, 0.15) is 29.2 Å². The summed E-state index contributed by atoms with van der Waals surface area (Å²) in [6.45, 7) is 2.85. The normalized spacial score (nSPS) is 11.9. The zero-order chi connectivity index (χ0) is 21.4. The molecule has 0 aliphatic rings. The van der Waals surface area contributed by atoms with Crippen molar-refractivity contribution in [3.8, 4) is 0 Å². The Morgan fingerprint density at radius 3 is 2.57 bits per heavy atom. The maximum absolute atomic E-state index is 13.3. The van der Waals surface area contributed by atoms with Gasteiger partial charge in [0, 0.05) is 27.3 Å². The van der Waals surface area contributed by atoms with E-state index in [0.29, 0.717) is 37.4 Å². The number of aromatic nitrogens is 3. The fourth-order valence-electron chi connectivity index (χ4n) is 2.48. The van der Waals surface area contributed by atoms with E-state index in [1.165, 1.54) is 0 Å². The maximum atomic E-state index is 13.3. The molecule has 7 nitrogen and oxygen atoms in total. The molecule has 0 saturated carbocycles. The quantitative estimate of drug-likeness (QED) is 0.176. The van der Waals surface area contributed by atoms with E-state index < -0.39 is 17.6 Å². The third-order valence-corrected chi connectivity index (χ3v) is 4.20. The van der Waals surface area contributed by atoms with Gasteiger partial charge in [-0.25, -0.2) is 9.38 Å². The van der Waals surface area contributed by atoms with Crippen LogP contribution in [0.3, 0.4) is 0 Å². The largest absolute Gasteiger partial charge is 0.416 e. The van der Waals surface area contributed by atoms with E-state index in [1.54, 1.807) is 11.7 Å². The molecule has 0 saturated heterocycles. The monoisotopic (exact) mass is 544 g/mol. The molecule has 2 N–H and O–H groups in total. The molecule has 0 unspecified atom stereocenters. The smallest absolute Gasteiger partial charge is 0.385 e. The fourth-order valence-corrected chi connectivity index (χ4v) is 2.48. The SMILES string of the molecule is COCCCNC(=NCc1ccc(F)cc1C(F)(F)F)NCc1nnc(C)n1C.I. The number of benzene rings is 1. The minimum atomic E-state index is -4.66. The summed E-state index contributed by atoms with van der Waals surface area (Å²) in [5, 5.41) is 14.0. The highest BCUT2D eigenvalue weighted by molar-refractivity contribution is 14.0. The Morgan fingerprint density at radius 2 is 1.97 bits per heavy atom. The van der Waals surface area contributed by atoms with E-state index in [9.17, 15) is 17.6 Å². The molecular weight excluding hydrogens is 519 g/mol. The Labute approximate surface area is 189 Å². The standard InChI is InChI=1S/C18H24F4N6O.HI/c1-12-26-27-16(28(12)2)11-25-17(23-7-4-8-29-3)24-10-13-5-6-14(19)9-15(13)18(20,21)22;/h5-6,9H,4,7-8,10-11H2,1-3H3,(H2,23,24,25);1H. The van der Waals surface area contributed by atoms with Crippen molar-refractivity contribution in [2.45, 2.75) is 32.6 Å². The van der Waals surface area contributed by atoms with Crippen molar-refractivity contribution in [1.29, 1.82) is 0 Å². The summed E-state index contributed by atoms with van der Waals surface area (Å²) in [7, 11) is 3.39. The number of aliphatic imine (C=N–C) groups is 1. The second kappa shape index (κ2) is 12.0. The van der Waals surface area contributed by atoms with Crippen molar-refractivity contribution >= 4 is 29.9 Å². The number of nitrogens with one attached hydrogen (secondary N) is 2. The van der Waals surface area contributed by atoms with Crippen LogP contribution >= 0.6 is 24.0 Å². The van der Waals surface area contributed by atoms with Gasteiger partial charge in [0.2, 0.25) is 0 Å². The number of hydrogen-bond acceptors (Lipinski definition) is 4. The number of hydrogen-bond donors (Lipinski definition) is 2. The number of methoxy groups -OCH3 is 1. The number of aryl methyl sites for hydroxylation is 1. The highest BCUT2D eigenvalue weighted by Gasteiger charge is 2.33. The van der Waals surface area contributed by atoms with Gasteiger partial charge in [-0.2, -0.15) is 13.2 Å². The zero-order valence-corrected chi connectivity index (χ0v) is 19.2. The number of guanidine groups is 1. The van der Waals surface area contributed by atoms with Gasteiger partial charge in [-0.05, 0) is 31.0 Å². The Hall–Kier alpha value is -1.96. The lowest BCUT2D eigenvalue weighted by Crippen LogP contribution is -2.38. The van der Waals surface area contributed by atoms with Gasteiger partial charge >= 0.3 is 6.18 Å². The van der Waals surface area contributed by atoms with E-state index in [-0.39, 0.29) is 42.6 Å². The Kier molecular flexibility index (Phi) is 10.5. The number of ether oxygens (including phenoxy) is 1. The molecule has 2 rings (SSSR count). The fraction of sp³-hybridized carbons (Fsp3) is 0.500. The second-order valence-corrected chi connectivity index (χ2v) is 6.31. The van der Waals surface area contributed by atoms with Crippen LogP contribution in [0.15, 0.2) is 23.2 Å². The average molecular weight is 544 g/mol. The molecule has 0 atom stereocenters. The van der Waals surface area contributed by atoms with Crippen LogP contribution in [-0.4, -0.2) is 41.0 Å². The van der Waals surface area contributed by atoms with Crippen LogP contribution in [0.4, 0.5) is 17.6 Å². The molecule has 168 valence electrons. The van der Waals surface area contributed by atoms with Crippen LogP contribution in [0.25, 0.3) is 0 Å². The van der Waals surface area contributed by atoms with Crippen LogP contribution in [0.2, 0.25) is 0 Å². The maximum Gasteiger partial charge on any atom is 0.416 e. The summed E-state index contributed by atoms with van der Waals surface area (Å²) in [5.41, 5.74) is -1.16. The van der Waals surface area contributed by atoms with Crippen molar-refractivity contribution in [2.75, 3.05) is 20.3 Å². The van der Waals surface area contributed by atoms with Crippen LogP contribution in [0, 0.1) is 12.7 Å². The van der Waals surface area contributed by atoms with E-state index in [2.05, 4.69) is 25.8 Å². The van der Waals surface area contributed by atoms with Crippen molar-refractivity contribution in [2.24, 2.45) is 12.0 Å². The molecule has 0 spiro atoms. The van der Waals surface area contributed by atoms with E-state index in [4.69, 9.17) is 4.74 Å². The van der Waals surface area contributed by atoms with Crippen molar-refractivity contribution in [1.82, 2.24) is 25.4 Å². The first-order valence-electron chi connectivity index (χ1n) is 8.94. The summed E-state index contributed by atoms with van der Waals surface area (Å²) >= 11 is 0. The highest BCUT2D eigenvalue weighted by Crippen LogP contribution is 2.32. The van der Waals surface area contributed by atoms with E-state index in [0.717, 1.165) is 18.0 Å². The molecule has 12 heteroatoms. The number of nitrogens with zero attached hydrogens (tertiary/aromatic N) is 4. The molecule has 0 bridgehead atoms. The summed E-state index contributed by atoms with van der Waals surface area (Å²) in [5.74, 6) is 0.735. The molecule has 1 heterocycles. The Morgan fingerprint density at radius 1 is 1.23 bits per heavy atom. The topological polar surface area (TPSA) is 76.4 Å². The number of rotatable bonds is 8. The van der Waals surface area contributed by atoms with Crippen LogP contribution < -0.4 is 10.6 Å². The molecule has 0 aliphatic carbocycles. The lowest BCUT2D eigenvalue weighted by molar-refractivity contribution is -0.138. The molecule has 1 aromatic carbocycles. The molecule has 0 aliphatic heterocycles. The van der Waals surface area contributed by atoms with Gasteiger partial charge in [0.15, 0.2) is 11.8 Å². The lowest BCUT2D eigenvalue weighted by Gasteiger charge is -2.14. The molecule has 1 aromatic heterocycles. The van der Waals surface area contributed by atoms with Gasteiger partial charge in [-0.3, -0.25) is 0 Å². The minimum Gasteiger partial charge on any atom is -0.385 e. The van der Waals surface area contributed by atoms with Crippen LogP contribution in [-0.2, 0) is 31.1 Å². The summed E-state index contributed by atoms with van der Waals surface area (Å²) in [4.78, 5) is 4.22. The van der Waals surface area contributed by atoms with Gasteiger partial charge in [-0.15, -0.1) is 34.2 Å². The molecule has 30 heavy (non-hydrogen) atoms. The van der Waals surface area contributed by atoms with Gasteiger partial charge in [0.25, 0.3) is 0 Å². The number of halogens is 5. The van der Waals surface area contributed by atoms with Crippen LogP contribution in [0.5, 0.6) is 0 Å². The first kappa shape index (κ1) is 26.1. The predicted molar refractivity (Wildman–Crippen MR) is 115 cm³/mol. The Bertz CT molecular complexity index is 841. The highest BCUT2D eigenvalue weighted by atomic mass is 127. The van der Waals surface area contributed by atoms with Crippen molar-refractivity contribution in [3.63, 3.8) is 0 Å². The zero-order valence-electron chi connectivity index (χ0n) is 16.9. The molecular formula is C18H25F4IN6O. The molecule has 0 radical (unpaired) electrons. The van der Waals surface area contributed by atoms with E-state index in [1.807, 2.05) is 14.0 Å². The first-order chi connectivity index (χ1) is 13.7. The molecule has 0 fully saturated rings. The van der Waals surface area contributed by atoms with Gasteiger partial charge < -0.3 is 19.9 Å². The molecule has 2 aromatic rings. The van der Waals surface area contributed by atoms with E-state index >= 15 is 0 Å². The van der Waals surface area contributed by atoms with Gasteiger partial charge in [-0.1, -0.05) is 6.07 Å². The summed E-state index contributed by atoms with van der Waals surface area (Å²) in [6, 6.07) is 2.56. The minimum absolute atomic E-state index is 0. The summed E-state index contributed by atoms with van der Waals surface area (Å²) < 4.78 is 59.6. The number of alkyl halides is 3. The Balaban J connectivity index is 0.00000450. The third-order valence-electron chi connectivity index (χ3n) is 4.20. The third kappa shape index (κ3) is 7.70. The molecule has 0 amide bonds. The predicted octanol–water partition coefficient (Wildman–Crippen LogP) is 3.17. The van der Waals surface area contributed by atoms with Gasteiger partial charge in [0.1, 0.15) is 11.6 Å².